The number of fused-ring (bicyclic) bond motifs is 1. The molecule has 7 nitrogen and oxygen atoms in total. The summed E-state index contributed by atoms with van der Waals surface area (Å²) in [5, 5.41) is 10.5. The Hall–Kier alpha value is -3.09. The van der Waals surface area contributed by atoms with Gasteiger partial charge in [-0.3, -0.25) is 25.2 Å². The van der Waals surface area contributed by atoms with Crippen molar-refractivity contribution in [2.75, 3.05) is 0 Å². The number of hydrogen-bond donors (Lipinski definition) is 3. The van der Waals surface area contributed by atoms with E-state index in [1.807, 2.05) is 36.4 Å². The van der Waals surface area contributed by atoms with Gasteiger partial charge in [-0.1, -0.05) is 30.3 Å². The molecular weight excluding hydrogens is 312 g/mol. The van der Waals surface area contributed by atoms with Crippen molar-refractivity contribution in [3.8, 4) is 5.75 Å². The Kier molecular flexibility index (Phi) is 5.73. The van der Waals surface area contributed by atoms with Crippen molar-refractivity contribution in [1.29, 1.82) is 0 Å². The van der Waals surface area contributed by atoms with Gasteiger partial charge in [0.2, 0.25) is 5.91 Å². The second kappa shape index (κ2) is 7.96. The number of carboxylic acid groups (broad SMARTS) is 1. The Balaban J connectivity index is 1.86. The van der Waals surface area contributed by atoms with E-state index in [4.69, 9.17) is 9.84 Å². The minimum absolute atomic E-state index is 0.213. The number of ether oxygens (including phenoxy) is 1. The molecule has 0 radical (unpaired) electrons. The first kappa shape index (κ1) is 17.3. The van der Waals surface area contributed by atoms with Crippen LogP contribution in [0.3, 0.4) is 0 Å². The second-order valence-electron chi connectivity index (χ2n) is 5.20. The van der Waals surface area contributed by atoms with Crippen molar-refractivity contribution in [3.63, 3.8) is 0 Å². The number of hydrogen-bond acceptors (Lipinski definition) is 4. The number of nitrogens with one attached hydrogen (secondary N) is 2. The van der Waals surface area contributed by atoms with Gasteiger partial charge in [0.15, 0.2) is 6.10 Å². The van der Waals surface area contributed by atoms with Crippen LogP contribution in [0.25, 0.3) is 10.8 Å². The number of amides is 2. The molecule has 1 atom stereocenters. The van der Waals surface area contributed by atoms with E-state index in [0.29, 0.717) is 5.75 Å². The van der Waals surface area contributed by atoms with Gasteiger partial charge in [0.25, 0.3) is 5.91 Å². The minimum Gasteiger partial charge on any atom is -0.481 e. The lowest BCUT2D eigenvalue weighted by atomic mass is 10.1. The molecule has 0 bridgehead atoms. The highest BCUT2D eigenvalue weighted by Crippen LogP contribution is 2.21. The van der Waals surface area contributed by atoms with Crippen LogP contribution in [0, 0.1) is 0 Å². The predicted octanol–water partition coefficient (Wildman–Crippen LogP) is 1.62. The highest BCUT2D eigenvalue weighted by atomic mass is 16.5. The van der Waals surface area contributed by atoms with Crippen molar-refractivity contribution in [1.82, 2.24) is 10.9 Å². The van der Waals surface area contributed by atoms with Crippen LogP contribution in [0.5, 0.6) is 5.75 Å². The van der Waals surface area contributed by atoms with E-state index in [0.717, 1.165) is 10.8 Å². The van der Waals surface area contributed by atoms with Gasteiger partial charge in [0.05, 0.1) is 6.42 Å². The van der Waals surface area contributed by atoms with Crippen molar-refractivity contribution in [2.45, 2.75) is 25.9 Å². The monoisotopic (exact) mass is 330 g/mol. The van der Waals surface area contributed by atoms with Crippen LogP contribution in [0.4, 0.5) is 0 Å². The summed E-state index contributed by atoms with van der Waals surface area (Å²) in [4.78, 5) is 33.6. The van der Waals surface area contributed by atoms with Gasteiger partial charge >= 0.3 is 5.97 Å². The van der Waals surface area contributed by atoms with Gasteiger partial charge in [0.1, 0.15) is 5.75 Å². The first-order valence-electron chi connectivity index (χ1n) is 7.41. The number of carbonyl (C=O) groups excluding carboxylic acids is 2. The number of carboxylic acids is 1. The molecule has 0 aliphatic carbocycles. The molecule has 0 aliphatic rings. The van der Waals surface area contributed by atoms with Crippen LogP contribution in [0.15, 0.2) is 42.5 Å². The fourth-order valence-corrected chi connectivity index (χ4v) is 2.01. The lowest BCUT2D eigenvalue weighted by molar-refractivity contribution is -0.139. The SMILES string of the molecule is CC(Oc1ccc2ccccc2c1)C(=O)NNC(=O)CCC(=O)O. The summed E-state index contributed by atoms with van der Waals surface area (Å²) in [6, 6.07) is 13.2. The highest BCUT2D eigenvalue weighted by Gasteiger charge is 2.15. The Morgan fingerprint density at radius 2 is 1.75 bits per heavy atom. The van der Waals surface area contributed by atoms with Gasteiger partial charge in [-0.15, -0.1) is 0 Å². The topological polar surface area (TPSA) is 105 Å². The Morgan fingerprint density at radius 1 is 1.04 bits per heavy atom. The third kappa shape index (κ3) is 4.98. The molecule has 7 heteroatoms. The summed E-state index contributed by atoms with van der Waals surface area (Å²) in [5.74, 6) is -1.66. The molecule has 126 valence electrons. The van der Waals surface area contributed by atoms with Crippen LogP contribution in [-0.2, 0) is 14.4 Å². The van der Waals surface area contributed by atoms with Crippen molar-refractivity contribution < 1.29 is 24.2 Å². The largest absolute Gasteiger partial charge is 0.481 e. The molecule has 0 heterocycles. The summed E-state index contributed by atoms with van der Waals surface area (Å²) in [5.41, 5.74) is 4.36. The molecule has 3 N–H and O–H groups in total. The maximum Gasteiger partial charge on any atom is 0.303 e. The summed E-state index contributed by atoms with van der Waals surface area (Å²) < 4.78 is 5.56. The third-order valence-electron chi connectivity index (χ3n) is 3.29. The first-order chi connectivity index (χ1) is 11.5. The highest BCUT2D eigenvalue weighted by molar-refractivity contribution is 5.86. The van der Waals surface area contributed by atoms with Gasteiger partial charge < -0.3 is 9.84 Å². The van der Waals surface area contributed by atoms with Crippen LogP contribution in [0.2, 0.25) is 0 Å². The van der Waals surface area contributed by atoms with Crippen LogP contribution in [-0.4, -0.2) is 29.0 Å². The first-order valence-corrected chi connectivity index (χ1v) is 7.41. The maximum absolute atomic E-state index is 11.9. The second-order valence-corrected chi connectivity index (χ2v) is 5.20. The molecule has 24 heavy (non-hydrogen) atoms. The van der Waals surface area contributed by atoms with Crippen LogP contribution >= 0.6 is 0 Å². The van der Waals surface area contributed by atoms with Crippen LogP contribution < -0.4 is 15.6 Å². The van der Waals surface area contributed by atoms with Crippen molar-refractivity contribution in [3.05, 3.63) is 42.5 Å². The van der Waals surface area contributed by atoms with Gasteiger partial charge in [-0.25, -0.2) is 0 Å². The maximum atomic E-state index is 11.9. The van der Waals surface area contributed by atoms with E-state index in [-0.39, 0.29) is 12.8 Å². The van der Waals surface area contributed by atoms with E-state index in [2.05, 4.69) is 10.9 Å². The lowest BCUT2D eigenvalue weighted by Crippen LogP contribution is -2.47. The van der Waals surface area contributed by atoms with Crippen LogP contribution in [0.1, 0.15) is 19.8 Å². The number of benzene rings is 2. The van der Waals surface area contributed by atoms with Gasteiger partial charge in [-0.2, -0.15) is 0 Å². The molecule has 1 unspecified atom stereocenters. The molecule has 0 saturated heterocycles. The molecule has 0 aliphatic heterocycles. The molecule has 2 aromatic carbocycles. The lowest BCUT2D eigenvalue weighted by Gasteiger charge is -2.15. The fourth-order valence-electron chi connectivity index (χ4n) is 2.01. The predicted molar refractivity (Wildman–Crippen MR) is 87.2 cm³/mol. The smallest absolute Gasteiger partial charge is 0.303 e. The molecule has 2 aromatic rings. The van der Waals surface area contributed by atoms with E-state index < -0.39 is 23.9 Å². The van der Waals surface area contributed by atoms with Gasteiger partial charge in [0, 0.05) is 6.42 Å². The van der Waals surface area contributed by atoms with E-state index in [9.17, 15) is 14.4 Å². The zero-order chi connectivity index (χ0) is 17.5. The average Bonchev–Trinajstić information content (AvgIpc) is 2.57. The number of carbonyl (C=O) groups is 3. The van der Waals surface area contributed by atoms with E-state index in [1.54, 1.807) is 13.0 Å². The Labute approximate surface area is 138 Å². The van der Waals surface area contributed by atoms with E-state index in [1.165, 1.54) is 0 Å². The molecule has 0 spiro atoms. The molecule has 2 rings (SSSR count). The van der Waals surface area contributed by atoms with E-state index >= 15 is 0 Å². The molecule has 0 fully saturated rings. The molecule has 0 aromatic heterocycles. The van der Waals surface area contributed by atoms with Crippen molar-refractivity contribution >= 4 is 28.6 Å². The molecule has 2 amide bonds. The summed E-state index contributed by atoms with van der Waals surface area (Å²) in [6.45, 7) is 1.55. The zero-order valence-corrected chi connectivity index (χ0v) is 13.1. The minimum atomic E-state index is -1.08. The summed E-state index contributed by atoms with van der Waals surface area (Å²) in [6.07, 6.45) is -1.34. The van der Waals surface area contributed by atoms with Gasteiger partial charge in [-0.05, 0) is 29.8 Å². The number of aliphatic carboxylic acids is 1. The molecular formula is C17H18N2O5. The normalized spacial score (nSPS) is 11.5. The Bertz CT molecular complexity index is 759. The number of rotatable bonds is 6. The summed E-state index contributed by atoms with van der Waals surface area (Å²) in [7, 11) is 0. The standard InChI is InChI=1S/C17H18N2O5/c1-11(17(23)19-18-15(20)8-9-16(21)22)24-14-7-6-12-4-2-3-5-13(12)10-14/h2-7,10-11H,8-9H2,1H3,(H,18,20)(H,19,23)(H,21,22). The number of hydrazine groups is 1. The summed E-state index contributed by atoms with van der Waals surface area (Å²) >= 11 is 0. The zero-order valence-electron chi connectivity index (χ0n) is 13.1. The Morgan fingerprint density at radius 3 is 2.46 bits per heavy atom. The third-order valence-corrected chi connectivity index (χ3v) is 3.29. The fraction of sp³-hybridized carbons (Fsp3) is 0.235. The van der Waals surface area contributed by atoms with Crippen molar-refractivity contribution in [2.24, 2.45) is 0 Å². The molecule has 0 saturated carbocycles. The quantitative estimate of drug-likeness (QED) is 0.698. The average molecular weight is 330 g/mol.